The van der Waals surface area contributed by atoms with Crippen LogP contribution in [0.5, 0.6) is 0 Å². The molecule has 0 unspecified atom stereocenters. The molecule has 2 saturated heterocycles. The van der Waals surface area contributed by atoms with Crippen molar-refractivity contribution in [3.8, 4) is 0 Å². The van der Waals surface area contributed by atoms with Gasteiger partial charge in [-0.15, -0.1) is 0 Å². The summed E-state index contributed by atoms with van der Waals surface area (Å²) in [5.41, 5.74) is 3.97. The fraction of sp³-hybridized carbons (Fsp3) is 0.556. The van der Waals surface area contributed by atoms with Crippen LogP contribution >= 0.6 is 0 Å². The fourth-order valence-corrected chi connectivity index (χ4v) is 3.66. The summed E-state index contributed by atoms with van der Waals surface area (Å²) in [7, 11) is 4.27. The van der Waals surface area contributed by atoms with Crippen LogP contribution in [-0.2, 0) is 0 Å². The third-order valence-electron chi connectivity index (χ3n) is 5.15. The van der Waals surface area contributed by atoms with Crippen molar-refractivity contribution in [1.82, 2.24) is 9.80 Å². The van der Waals surface area contributed by atoms with Crippen LogP contribution in [0.1, 0.15) is 5.56 Å². The predicted molar refractivity (Wildman–Crippen MR) is 94.9 cm³/mol. The zero-order valence-corrected chi connectivity index (χ0v) is 14.1. The van der Waals surface area contributed by atoms with Gasteiger partial charge in [-0.05, 0) is 37.9 Å². The van der Waals surface area contributed by atoms with Crippen LogP contribution in [0.4, 0.5) is 11.4 Å². The molecule has 1 aromatic rings. The topological polar surface area (TPSA) is 13.0 Å². The van der Waals surface area contributed by atoms with Gasteiger partial charge in [0.2, 0.25) is 0 Å². The van der Waals surface area contributed by atoms with Crippen LogP contribution < -0.4 is 9.80 Å². The van der Waals surface area contributed by atoms with Crippen LogP contribution in [0.15, 0.2) is 31.0 Å². The Balaban J connectivity index is 1.67. The van der Waals surface area contributed by atoms with E-state index in [0.717, 1.165) is 19.1 Å². The first-order chi connectivity index (χ1) is 10.6. The van der Waals surface area contributed by atoms with Crippen molar-refractivity contribution in [2.75, 3.05) is 63.2 Å². The second kappa shape index (κ2) is 6.31. The number of benzene rings is 1. The minimum Gasteiger partial charge on any atom is -0.369 e. The molecular formula is C18H28N4. The van der Waals surface area contributed by atoms with Crippen molar-refractivity contribution in [3.63, 3.8) is 0 Å². The summed E-state index contributed by atoms with van der Waals surface area (Å²) in [5, 5.41) is 0. The summed E-state index contributed by atoms with van der Waals surface area (Å²) < 4.78 is 0. The Bertz CT molecular complexity index is 528. The molecule has 0 aromatic heterocycles. The normalized spacial score (nSPS) is 20.8. The van der Waals surface area contributed by atoms with Crippen molar-refractivity contribution in [1.29, 1.82) is 0 Å². The molecule has 0 bridgehead atoms. The van der Waals surface area contributed by atoms with Gasteiger partial charge in [-0.25, -0.2) is 0 Å². The third-order valence-corrected chi connectivity index (χ3v) is 5.15. The monoisotopic (exact) mass is 300 g/mol. The van der Waals surface area contributed by atoms with Crippen LogP contribution in [0.25, 0.3) is 0 Å². The predicted octanol–water partition coefficient (Wildman–Crippen LogP) is 2.01. The van der Waals surface area contributed by atoms with E-state index in [2.05, 4.69) is 65.4 Å². The largest absolute Gasteiger partial charge is 0.369 e. The van der Waals surface area contributed by atoms with E-state index in [4.69, 9.17) is 0 Å². The lowest BCUT2D eigenvalue weighted by Gasteiger charge is -2.47. The molecule has 2 aliphatic heterocycles. The Morgan fingerprint density at radius 1 is 1.18 bits per heavy atom. The van der Waals surface area contributed by atoms with Gasteiger partial charge >= 0.3 is 0 Å². The van der Waals surface area contributed by atoms with Gasteiger partial charge < -0.3 is 14.7 Å². The molecule has 2 aliphatic rings. The molecule has 0 N–H and O–H groups in total. The molecule has 120 valence electrons. The molecule has 4 nitrogen and oxygen atoms in total. The molecule has 1 aromatic carbocycles. The highest BCUT2D eigenvalue weighted by molar-refractivity contribution is 5.68. The maximum atomic E-state index is 3.87. The number of hydrogen-bond donors (Lipinski definition) is 0. The maximum absolute atomic E-state index is 3.87. The maximum Gasteiger partial charge on any atom is 0.0453 e. The van der Waals surface area contributed by atoms with Crippen LogP contribution in [-0.4, -0.2) is 69.2 Å². The highest BCUT2D eigenvalue weighted by Crippen LogP contribution is 2.30. The van der Waals surface area contributed by atoms with E-state index in [9.17, 15) is 0 Å². The Morgan fingerprint density at radius 3 is 2.45 bits per heavy atom. The molecule has 4 heteroatoms. The molecule has 0 saturated carbocycles. The number of piperazine rings is 1. The van der Waals surface area contributed by atoms with E-state index >= 15 is 0 Å². The number of anilines is 2. The standard InChI is InChI=1S/C18H28N4/c1-5-20(4)17-7-6-8-18(15(17)2)22-11-9-21(10-12-22)16-13-19(3)14-16/h5-8,16H,1,9-14H2,2-4H3. The SMILES string of the molecule is C=CN(C)c1cccc(N2CCN(C3CN(C)C3)CC2)c1C. The van der Waals surface area contributed by atoms with Crippen molar-refractivity contribution in [3.05, 3.63) is 36.5 Å². The summed E-state index contributed by atoms with van der Waals surface area (Å²) >= 11 is 0. The lowest BCUT2D eigenvalue weighted by Crippen LogP contribution is -2.62. The fourth-order valence-electron chi connectivity index (χ4n) is 3.66. The number of likely N-dealkylation sites (tertiary alicyclic amines) is 1. The van der Waals surface area contributed by atoms with Gasteiger partial charge in [-0.3, -0.25) is 4.90 Å². The molecule has 0 radical (unpaired) electrons. The molecule has 2 fully saturated rings. The minimum absolute atomic E-state index is 0.784. The van der Waals surface area contributed by atoms with E-state index in [1.165, 1.54) is 43.1 Å². The van der Waals surface area contributed by atoms with Gasteiger partial charge in [0.25, 0.3) is 0 Å². The summed E-state index contributed by atoms with van der Waals surface area (Å²) in [5.74, 6) is 0. The number of likely N-dealkylation sites (N-methyl/N-ethyl adjacent to an activating group) is 1. The van der Waals surface area contributed by atoms with Gasteiger partial charge in [0.05, 0.1) is 0 Å². The third kappa shape index (κ3) is 2.85. The lowest BCUT2D eigenvalue weighted by atomic mass is 10.1. The van der Waals surface area contributed by atoms with Gasteiger partial charge in [0.1, 0.15) is 0 Å². The quantitative estimate of drug-likeness (QED) is 0.843. The lowest BCUT2D eigenvalue weighted by molar-refractivity contribution is 0.0488. The summed E-state index contributed by atoms with van der Waals surface area (Å²) in [6.07, 6.45) is 1.87. The highest BCUT2D eigenvalue weighted by Gasteiger charge is 2.31. The van der Waals surface area contributed by atoms with Gasteiger partial charge in [-0.2, -0.15) is 0 Å². The molecule has 22 heavy (non-hydrogen) atoms. The van der Waals surface area contributed by atoms with Crippen molar-refractivity contribution < 1.29 is 0 Å². The Kier molecular flexibility index (Phi) is 4.41. The molecule has 3 rings (SSSR count). The Morgan fingerprint density at radius 2 is 1.86 bits per heavy atom. The summed E-state index contributed by atoms with van der Waals surface area (Å²) in [6.45, 7) is 13.2. The number of hydrogen-bond acceptors (Lipinski definition) is 4. The van der Waals surface area contributed by atoms with Crippen molar-refractivity contribution in [2.45, 2.75) is 13.0 Å². The van der Waals surface area contributed by atoms with Gasteiger partial charge in [0.15, 0.2) is 0 Å². The zero-order chi connectivity index (χ0) is 15.7. The highest BCUT2D eigenvalue weighted by atomic mass is 15.3. The van der Waals surface area contributed by atoms with E-state index in [0.29, 0.717) is 0 Å². The van der Waals surface area contributed by atoms with Crippen LogP contribution in [0.2, 0.25) is 0 Å². The molecule has 0 atom stereocenters. The zero-order valence-electron chi connectivity index (χ0n) is 14.1. The molecule has 0 spiro atoms. The smallest absolute Gasteiger partial charge is 0.0453 e. The Labute approximate surface area is 134 Å². The Hall–Kier alpha value is -1.52. The van der Waals surface area contributed by atoms with Gasteiger partial charge in [-0.1, -0.05) is 12.6 Å². The average Bonchev–Trinajstić information content (AvgIpc) is 2.52. The molecular weight excluding hydrogens is 272 g/mol. The van der Waals surface area contributed by atoms with Crippen molar-refractivity contribution in [2.24, 2.45) is 0 Å². The van der Waals surface area contributed by atoms with Gasteiger partial charge in [0, 0.05) is 63.7 Å². The molecule has 2 heterocycles. The summed E-state index contributed by atoms with van der Waals surface area (Å²) in [6, 6.07) is 7.36. The second-order valence-electron chi connectivity index (χ2n) is 6.61. The first kappa shape index (κ1) is 15.4. The van der Waals surface area contributed by atoms with Crippen LogP contribution in [0, 0.1) is 6.92 Å². The number of rotatable bonds is 4. The van der Waals surface area contributed by atoms with E-state index in [1.54, 1.807) is 0 Å². The van der Waals surface area contributed by atoms with E-state index < -0.39 is 0 Å². The average molecular weight is 300 g/mol. The van der Waals surface area contributed by atoms with Crippen LogP contribution in [0.3, 0.4) is 0 Å². The van der Waals surface area contributed by atoms with E-state index in [1.807, 2.05) is 6.20 Å². The summed E-state index contributed by atoms with van der Waals surface area (Å²) in [4.78, 5) is 9.69. The van der Waals surface area contributed by atoms with E-state index in [-0.39, 0.29) is 0 Å². The minimum atomic E-state index is 0.784. The molecule has 0 amide bonds. The first-order valence-corrected chi connectivity index (χ1v) is 8.22. The first-order valence-electron chi connectivity index (χ1n) is 8.22. The molecule has 0 aliphatic carbocycles. The second-order valence-corrected chi connectivity index (χ2v) is 6.61. The van der Waals surface area contributed by atoms with Crippen molar-refractivity contribution >= 4 is 11.4 Å². The number of nitrogens with zero attached hydrogens (tertiary/aromatic N) is 4.